The summed E-state index contributed by atoms with van der Waals surface area (Å²) < 4.78 is 5.31. The first-order chi connectivity index (χ1) is 9.21. The van der Waals surface area contributed by atoms with Crippen LogP contribution in [0.1, 0.15) is 46.0 Å². The van der Waals surface area contributed by atoms with Crippen molar-refractivity contribution in [3.8, 4) is 0 Å². The first-order valence-corrected chi connectivity index (χ1v) is 8.16. The molecule has 1 atom stereocenters. The highest BCUT2D eigenvalue weighted by Gasteiger charge is 2.33. The standard InChI is InChI=1S/C16H32N2O/c1-4-16(5-2,12-17-15-6-7-15)13-18-9-8-14(10-18)11-19-3/h14-15,17H,4-13H2,1-3H3. The lowest BCUT2D eigenvalue weighted by atomic mass is 9.81. The Morgan fingerprint density at radius 3 is 2.53 bits per heavy atom. The van der Waals surface area contributed by atoms with Crippen molar-refractivity contribution in [2.24, 2.45) is 11.3 Å². The van der Waals surface area contributed by atoms with Crippen molar-refractivity contribution >= 4 is 0 Å². The monoisotopic (exact) mass is 268 g/mol. The van der Waals surface area contributed by atoms with Crippen LogP contribution in [0.25, 0.3) is 0 Å². The topological polar surface area (TPSA) is 24.5 Å². The van der Waals surface area contributed by atoms with E-state index >= 15 is 0 Å². The summed E-state index contributed by atoms with van der Waals surface area (Å²) in [4.78, 5) is 2.67. The van der Waals surface area contributed by atoms with Gasteiger partial charge in [0.15, 0.2) is 0 Å². The first-order valence-electron chi connectivity index (χ1n) is 8.16. The molecule has 2 rings (SSSR count). The molecule has 112 valence electrons. The van der Waals surface area contributed by atoms with E-state index in [2.05, 4.69) is 24.1 Å². The minimum atomic E-state index is 0.477. The van der Waals surface area contributed by atoms with E-state index < -0.39 is 0 Å². The Balaban J connectivity index is 1.81. The van der Waals surface area contributed by atoms with Gasteiger partial charge in [0.25, 0.3) is 0 Å². The van der Waals surface area contributed by atoms with Gasteiger partial charge in [-0.05, 0) is 50.0 Å². The van der Waals surface area contributed by atoms with Crippen LogP contribution in [0.3, 0.4) is 0 Å². The maximum absolute atomic E-state index is 5.31. The fourth-order valence-corrected chi connectivity index (χ4v) is 3.33. The fraction of sp³-hybridized carbons (Fsp3) is 1.00. The average molecular weight is 268 g/mol. The van der Waals surface area contributed by atoms with Gasteiger partial charge in [-0.25, -0.2) is 0 Å². The zero-order valence-electron chi connectivity index (χ0n) is 13.1. The van der Waals surface area contributed by atoms with E-state index in [1.165, 1.54) is 58.3 Å². The minimum absolute atomic E-state index is 0.477. The van der Waals surface area contributed by atoms with Gasteiger partial charge in [0.1, 0.15) is 0 Å². The summed E-state index contributed by atoms with van der Waals surface area (Å²) in [5, 5.41) is 3.76. The van der Waals surface area contributed by atoms with Crippen molar-refractivity contribution in [2.45, 2.75) is 52.0 Å². The van der Waals surface area contributed by atoms with Gasteiger partial charge < -0.3 is 15.0 Å². The number of likely N-dealkylation sites (tertiary alicyclic amines) is 1. The molecule has 0 aromatic heterocycles. The third-order valence-electron chi connectivity index (χ3n) is 5.17. The van der Waals surface area contributed by atoms with Gasteiger partial charge in [0, 0.05) is 32.8 Å². The quantitative estimate of drug-likeness (QED) is 0.695. The van der Waals surface area contributed by atoms with Gasteiger partial charge in [-0.3, -0.25) is 0 Å². The third-order valence-corrected chi connectivity index (χ3v) is 5.17. The number of nitrogens with one attached hydrogen (secondary N) is 1. The highest BCUT2D eigenvalue weighted by Crippen LogP contribution is 2.31. The summed E-state index contributed by atoms with van der Waals surface area (Å²) in [5.41, 5.74) is 0.477. The zero-order valence-corrected chi connectivity index (χ0v) is 13.1. The largest absolute Gasteiger partial charge is 0.384 e. The maximum Gasteiger partial charge on any atom is 0.0503 e. The van der Waals surface area contributed by atoms with Crippen LogP contribution in [-0.4, -0.2) is 50.8 Å². The van der Waals surface area contributed by atoms with Crippen LogP contribution in [0, 0.1) is 11.3 Å². The molecule has 1 aliphatic heterocycles. The van der Waals surface area contributed by atoms with Crippen LogP contribution in [-0.2, 0) is 4.74 Å². The zero-order chi connectivity index (χ0) is 13.7. The Morgan fingerprint density at radius 2 is 1.95 bits per heavy atom. The number of methoxy groups -OCH3 is 1. The van der Waals surface area contributed by atoms with E-state index in [4.69, 9.17) is 4.74 Å². The number of ether oxygens (including phenoxy) is 1. The first kappa shape index (κ1) is 15.3. The van der Waals surface area contributed by atoms with Crippen molar-refractivity contribution in [2.75, 3.05) is 39.9 Å². The SMILES string of the molecule is CCC(CC)(CNC1CC1)CN1CCC(COC)C1. The van der Waals surface area contributed by atoms with Crippen molar-refractivity contribution in [1.82, 2.24) is 10.2 Å². The molecule has 3 nitrogen and oxygen atoms in total. The van der Waals surface area contributed by atoms with E-state index in [9.17, 15) is 0 Å². The molecule has 3 heteroatoms. The number of hydrogen-bond donors (Lipinski definition) is 1. The Bertz CT molecular complexity index is 261. The van der Waals surface area contributed by atoms with Gasteiger partial charge in [-0.2, -0.15) is 0 Å². The number of hydrogen-bond acceptors (Lipinski definition) is 3. The third kappa shape index (κ3) is 4.44. The fourth-order valence-electron chi connectivity index (χ4n) is 3.33. The summed E-state index contributed by atoms with van der Waals surface area (Å²) in [7, 11) is 1.82. The lowest BCUT2D eigenvalue weighted by molar-refractivity contribution is 0.130. The molecule has 1 saturated carbocycles. The van der Waals surface area contributed by atoms with Crippen molar-refractivity contribution in [3.05, 3.63) is 0 Å². The molecule has 0 aromatic rings. The molecule has 0 spiro atoms. The van der Waals surface area contributed by atoms with Gasteiger partial charge in [-0.15, -0.1) is 0 Å². The van der Waals surface area contributed by atoms with Gasteiger partial charge in [0.05, 0.1) is 6.61 Å². The van der Waals surface area contributed by atoms with Crippen molar-refractivity contribution in [1.29, 1.82) is 0 Å². The highest BCUT2D eigenvalue weighted by atomic mass is 16.5. The smallest absolute Gasteiger partial charge is 0.0503 e. The maximum atomic E-state index is 5.31. The van der Waals surface area contributed by atoms with Crippen molar-refractivity contribution in [3.63, 3.8) is 0 Å². The highest BCUT2D eigenvalue weighted by molar-refractivity contribution is 4.90. The molecule has 1 heterocycles. The molecule has 2 aliphatic rings. The second-order valence-electron chi connectivity index (χ2n) is 6.71. The Hall–Kier alpha value is -0.120. The van der Waals surface area contributed by atoms with Crippen LogP contribution in [0.15, 0.2) is 0 Å². The second-order valence-corrected chi connectivity index (χ2v) is 6.71. The number of nitrogens with zero attached hydrogens (tertiary/aromatic N) is 1. The molecule has 0 radical (unpaired) electrons. The van der Waals surface area contributed by atoms with Gasteiger partial charge in [0.2, 0.25) is 0 Å². The Kier molecular flexibility index (Phi) is 5.67. The van der Waals surface area contributed by atoms with Crippen LogP contribution in [0.2, 0.25) is 0 Å². The molecule has 19 heavy (non-hydrogen) atoms. The predicted molar refractivity (Wildman–Crippen MR) is 80.5 cm³/mol. The molecule has 1 unspecified atom stereocenters. The normalized spacial score (nSPS) is 25.1. The van der Waals surface area contributed by atoms with Crippen LogP contribution in [0.4, 0.5) is 0 Å². The minimum Gasteiger partial charge on any atom is -0.384 e. The van der Waals surface area contributed by atoms with Crippen LogP contribution in [0.5, 0.6) is 0 Å². The van der Waals surface area contributed by atoms with Crippen LogP contribution < -0.4 is 5.32 Å². The molecule has 1 aliphatic carbocycles. The summed E-state index contributed by atoms with van der Waals surface area (Å²) in [6.45, 7) is 10.6. The second kappa shape index (κ2) is 7.05. The average Bonchev–Trinajstić information content (AvgIpc) is 3.16. The summed E-state index contributed by atoms with van der Waals surface area (Å²) >= 11 is 0. The summed E-state index contributed by atoms with van der Waals surface area (Å²) in [5.74, 6) is 0.757. The number of rotatable bonds is 9. The van der Waals surface area contributed by atoms with E-state index in [1.807, 2.05) is 7.11 Å². The lowest BCUT2D eigenvalue weighted by Crippen LogP contribution is -2.43. The molecule has 0 aromatic carbocycles. The molecule has 0 amide bonds. The van der Waals surface area contributed by atoms with E-state index in [0.717, 1.165) is 18.6 Å². The summed E-state index contributed by atoms with van der Waals surface area (Å²) in [6, 6.07) is 0.831. The lowest BCUT2D eigenvalue weighted by Gasteiger charge is -2.36. The van der Waals surface area contributed by atoms with Crippen molar-refractivity contribution < 1.29 is 4.74 Å². The van der Waals surface area contributed by atoms with E-state index in [0.29, 0.717) is 5.41 Å². The Labute approximate surface area is 119 Å². The van der Waals surface area contributed by atoms with E-state index in [1.54, 1.807) is 0 Å². The molecule has 1 saturated heterocycles. The molecule has 2 fully saturated rings. The van der Waals surface area contributed by atoms with E-state index in [-0.39, 0.29) is 0 Å². The molecule has 1 N–H and O–H groups in total. The van der Waals surface area contributed by atoms with Gasteiger partial charge in [-0.1, -0.05) is 13.8 Å². The van der Waals surface area contributed by atoms with Gasteiger partial charge >= 0.3 is 0 Å². The summed E-state index contributed by atoms with van der Waals surface area (Å²) in [6.07, 6.45) is 6.67. The molecular weight excluding hydrogens is 236 g/mol. The molecular formula is C16H32N2O. The Morgan fingerprint density at radius 1 is 1.21 bits per heavy atom. The predicted octanol–water partition coefficient (Wildman–Crippen LogP) is 2.51. The van der Waals surface area contributed by atoms with Crippen LogP contribution >= 0.6 is 0 Å². The molecule has 0 bridgehead atoms.